The molecule has 2 aliphatic rings. The monoisotopic (exact) mass is 329 g/mol. The summed E-state index contributed by atoms with van der Waals surface area (Å²) in [5.74, 6) is 0.786. The molecule has 19 heavy (non-hydrogen) atoms. The van der Waals surface area contributed by atoms with Gasteiger partial charge in [0.2, 0.25) is 0 Å². The van der Waals surface area contributed by atoms with Crippen LogP contribution in [0.1, 0.15) is 37.7 Å². The lowest BCUT2D eigenvalue weighted by Crippen LogP contribution is -2.35. The van der Waals surface area contributed by atoms with Gasteiger partial charge >= 0.3 is 0 Å². The highest BCUT2D eigenvalue weighted by molar-refractivity contribution is 9.10. The molecule has 0 atom stereocenters. The van der Waals surface area contributed by atoms with Gasteiger partial charge in [0, 0.05) is 18.0 Å². The van der Waals surface area contributed by atoms with E-state index in [-0.39, 0.29) is 5.82 Å². The van der Waals surface area contributed by atoms with Crippen LogP contribution in [0.5, 0.6) is 11.5 Å². The SMILES string of the molecule is NC1(c2c(F)c(Br)cc3c2OCCCO3)CCCC1. The van der Waals surface area contributed by atoms with Crippen molar-refractivity contribution in [3.63, 3.8) is 0 Å². The van der Waals surface area contributed by atoms with Crippen LogP contribution in [0.3, 0.4) is 0 Å². The first-order valence-corrected chi connectivity index (χ1v) is 7.48. The van der Waals surface area contributed by atoms with Crippen molar-refractivity contribution in [2.45, 2.75) is 37.6 Å². The normalized spacial score (nSPS) is 21.2. The zero-order chi connectivity index (χ0) is 13.5. The van der Waals surface area contributed by atoms with Crippen molar-refractivity contribution in [2.24, 2.45) is 5.73 Å². The minimum absolute atomic E-state index is 0.311. The Bertz CT molecular complexity index is 501. The van der Waals surface area contributed by atoms with Gasteiger partial charge in [-0.05, 0) is 28.8 Å². The van der Waals surface area contributed by atoms with E-state index in [0.717, 1.165) is 32.1 Å². The van der Waals surface area contributed by atoms with Crippen molar-refractivity contribution < 1.29 is 13.9 Å². The molecule has 0 radical (unpaired) electrons. The lowest BCUT2D eigenvalue weighted by molar-refractivity contribution is 0.291. The molecule has 104 valence electrons. The molecule has 1 heterocycles. The maximum absolute atomic E-state index is 14.6. The molecule has 0 bridgehead atoms. The highest BCUT2D eigenvalue weighted by Gasteiger charge is 2.39. The molecule has 3 rings (SSSR count). The minimum Gasteiger partial charge on any atom is -0.490 e. The predicted octanol–water partition coefficient (Wildman–Crippen LogP) is 3.48. The average Bonchev–Trinajstić information content (AvgIpc) is 2.68. The molecular weight excluding hydrogens is 313 g/mol. The Kier molecular flexibility index (Phi) is 3.43. The van der Waals surface area contributed by atoms with Crippen LogP contribution < -0.4 is 15.2 Å². The molecule has 1 fully saturated rings. The van der Waals surface area contributed by atoms with Gasteiger partial charge in [0.15, 0.2) is 11.5 Å². The van der Waals surface area contributed by atoms with Gasteiger partial charge in [-0.3, -0.25) is 0 Å². The van der Waals surface area contributed by atoms with Gasteiger partial charge in [0.25, 0.3) is 0 Å². The second-order valence-electron chi connectivity index (χ2n) is 5.29. The molecule has 1 aliphatic heterocycles. The van der Waals surface area contributed by atoms with Gasteiger partial charge in [-0.1, -0.05) is 12.8 Å². The van der Waals surface area contributed by atoms with Crippen molar-refractivity contribution in [1.82, 2.24) is 0 Å². The first-order valence-electron chi connectivity index (χ1n) is 6.69. The topological polar surface area (TPSA) is 44.5 Å². The van der Waals surface area contributed by atoms with E-state index in [9.17, 15) is 4.39 Å². The molecule has 5 heteroatoms. The molecule has 1 aromatic carbocycles. The van der Waals surface area contributed by atoms with Gasteiger partial charge in [-0.25, -0.2) is 4.39 Å². The lowest BCUT2D eigenvalue weighted by Gasteiger charge is -2.28. The van der Waals surface area contributed by atoms with Gasteiger partial charge in [-0.15, -0.1) is 0 Å². The molecule has 0 unspecified atom stereocenters. The predicted molar refractivity (Wildman–Crippen MR) is 74.0 cm³/mol. The van der Waals surface area contributed by atoms with Crippen molar-refractivity contribution in [3.8, 4) is 11.5 Å². The Labute approximate surface area is 120 Å². The number of hydrogen-bond donors (Lipinski definition) is 1. The number of nitrogens with two attached hydrogens (primary N) is 1. The van der Waals surface area contributed by atoms with Crippen molar-refractivity contribution in [3.05, 3.63) is 21.9 Å². The summed E-state index contributed by atoms with van der Waals surface area (Å²) in [6.45, 7) is 1.12. The first kappa shape index (κ1) is 13.2. The molecule has 0 saturated heterocycles. The third-order valence-electron chi connectivity index (χ3n) is 3.92. The Hall–Kier alpha value is -0.810. The van der Waals surface area contributed by atoms with Gasteiger partial charge in [-0.2, -0.15) is 0 Å². The average molecular weight is 330 g/mol. The summed E-state index contributed by atoms with van der Waals surface area (Å²) in [6.07, 6.45) is 4.42. The summed E-state index contributed by atoms with van der Waals surface area (Å²) >= 11 is 3.26. The maximum atomic E-state index is 14.6. The van der Waals surface area contributed by atoms with Crippen molar-refractivity contribution >= 4 is 15.9 Å². The van der Waals surface area contributed by atoms with Crippen molar-refractivity contribution in [2.75, 3.05) is 13.2 Å². The summed E-state index contributed by atoms with van der Waals surface area (Å²) in [7, 11) is 0. The summed E-state index contributed by atoms with van der Waals surface area (Å²) in [5.41, 5.74) is 6.28. The third-order valence-corrected chi connectivity index (χ3v) is 4.50. The Morgan fingerprint density at radius 2 is 1.84 bits per heavy atom. The molecule has 1 saturated carbocycles. The zero-order valence-electron chi connectivity index (χ0n) is 10.7. The van der Waals surface area contributed by atoms with Gasteiger partial charge in [0.1, 0.15) is 5.82 Å². The van der Waals surface area contributed by atoms with Gasteiger partial charge in [0.05, 0.1) is 23.2 Å². The second-order valence-corrected chi connectivity index (χ2v) is 6.14. The van der Waals surface area contributed by atoms with E-state index in [1.807, 2.05) is 0 Å². The number of halogens is 2. The summed E-state index contributed by atoms with van der Waals surface area (Å²) in [5, 5.41) is 0. The third kappa shape index (κ3) is 2.23. The second kappa shape index (κ2) is 4.94. The van der Waals surface area contributed by atoms with E-state index in [4.69, 9.17) is 15.2 Å². The van der Waals surface area contributed by atoms with Crippen LogP contribution >= 0.6 is 15.9 Å². The van der Waals surface area contributed by atoms with Crippen LogP contribution in [0.2, 0.25) is 0 Å². The van der Waals surface area contributed by atoms with E-state index in [1.54, 1.807) is 6.07 Å². The Balaban J connectivity index is 2.18. The summed E-state index contributed by atoms with van der Waals surface area (Å²) < 4.78 is 26.3. The highest BCUT2D eigenvalue weighted by atomic mass is 79.9. The minimum atomic E-state index is -0.633. The van der Waals surface area contributed by atoms with E-state index < -0.39 is 5.54 Å². The molecule has 2 N–H and O–H groups in total. The largest absolute Gasteiger partial charge is 0.490 e. The summed E-state index contributed by atoms with van der Waals surface area (Å²) in [6, 6.07) is 1.64. The smallest absolute Gasteiger partial charge is 0.169 e. The quantitative estimate of drug-likeness (QED) is 0.857. The molecule has 1 aromatic rings. The van der Waals surface area contributed by atoms with Crippen LogP contribution in [0, 0.1) is 5.82 Å². The van der Waals surface area contributed by atoms with Crippen LogP contribution in [0.15, 0.2) is 10.5 Å². The zero-order valence-corrected chi connectivity index (χ0v) is 12.3. The van der Waals surface area contributed by atoms with E-state index in [1.165, 1.54) is 0 Å². The van der Waals surface area contributed by atoms with Crippen LogP contribution in [-0.2, 0) is 5.54 Å². The van der Waals surface area contributed by atoms with Crippen molar-refractivity contribution in [1.29, 1.82) is 0 Å². The molecular formula is C14H17BrFNO2. The number of benzene rings is 1. The highest BCUT2D eigenvalue weighted by Crippen LogP contribution is 2.48. The Morgan fingerprint density at radius 3 is 2.58 bits per heavy atom. The Morgan fingerprint density at radius 1 is 1.16 bits per heavy atom. The first-order chi connectivity index (χ1) is 9.12. The number of hydrogen-bond acceptors (Lipinski definition) is 3. The number of rotatable bonds is 1. The van der Waals surface area contributed by atoms with E-state index >= 15 is 0 Å². The van der Waals surface area contributed by atoms with E-state index in [2.05, 4.69) is 15.9 Å². The number of ether oxygens (including phenoxy) is 2. The maximum Gasteiger partial charge on any atom is 0.169 e. The van der Waals surface area contributed by atoms with Crippen LogP contribution in [-0.4, -0.2) is 13.2 Å². The van der Waals surface area contributed by atoms with Crippen LogP contribution in [0.4, 0.5) is 4.39 Å². The molecule has 1 aliphatic carbocycles. The number of fused-ring (bicyclic) bond motifs is 1. The molecule has 0 spiro atoms. The van der Waals surface area contributed by atoms with E-state index in [0.29, 0.717) is 34.7 Å². The fraction of sp³-hybridized carbons (Fsp3) is 0.571. The standard InChI is InChI=1S/C14H17BrFNO2/c15-9-8-10-13(19-7-3-6-18-10)11(12(9)16)14(17)4-1-2-5-14/h8H,1-7,17H2. The molecule has 3 nitrogen and oxygen atoms in total. The fourth-order valence-electron chi connectivity index (χ4n) is 2.95. The van der Waals surface area contributed by atoms with Crippen LogP contribution in [0.25, 0.3) is 0 Å². The summed E-state index contributed by atoms with van der Waals surface area (Å²) in [4.78, 5) is 0. The fourth-order valence-corrected chi connectivity index (χ4v) is 3.36. The lowest BCUT2D eigenvalue weighted by atomic mass is 9.88. The molecule has 0 amide bonds. The van der Waals surface area contributed by atoms with Gasteiger partial charge < -0.3 is 15.2 Å². The molecule has 0 aromatic heterocycles.